The fourth-order valence-electron chi connectivity index (χ4n) is 4.13. The molecule has 4 rings (SSSR count). The van der Waals surface area contributed by atoms with Gasteiger partial charge in [0.25, 0.3) is 0 Å². The summed E-state index contributed by atoms with van der Waals surface area (Å²) in [6.07, 6.45) is 1.37. The van der Waals surface area contributed by atoms with Gasteiger partial charge < -0.3 is 14.9 Å². The first-order chi connectivity index (χ1) is 15.1. The Labute approximate surface area is 192 Å². The first-order valence-corrected chi connectivity index (χ1v) is 13.0. The van der Waals surface area contributed by atoms with Crippen LogP contribution in [-0.2, 0) is 16.0 Å². The zero-order valence-electron chi connectivity index (χ0n) is 17.4. The summed E-state index contributed by atoms with van der Waals surface area (Å²) in [5, 5.41) is 10.9. The number of aliphatic hydroxyl groups is 1. The van der Waals surface area contributed by atoms with Gasteiger partial charge in [-0.2, -0.15) is 0 Å². The molecule has 5 nitrogen and oxygen atoms in total. The lowest BCUT2D eigenvalue weighted by Gasteiger charge is -2.32. The van der Waals surface area contributed by atoms with Gasteiger partial charge in [-0.05, 0) is 24.0 Å². The average molecular weight is 457 g/mol. The summed E-state index contributed by atoms with van der Waals surface area (Å²) in [5.74, 6) is 2.46. The molecule has 164 valence electrons. The van der Waals surface area contributed by atoms with Crippen molar-refractivity contribution in [3.63, 3.8) is 0 Å². The van der Waals surface area contributed by atoms with E-state index in [1.165, 1.54) is 5.56 Å². The number of nitrogens with zero attached hydrogens (tertiary/aromatic N) is 2. The second kappa shape index (κ2) is 10.6. The van der Waals surface area contributed by atoms with Crippen LogP contribution < -0.4 is 0 Å². The standard InChI is InChI=1S/C24H28N2O3S2/c27-22(13-7-10-18-8-3-1-4-9-18)25-16-31-15-21(25)24(29)26-17-30-14-20(26)23(28)19-11-5-2-6-12-19/h1-6,8-9,11-12,20-21,23,28H,7,10,13-17H2/t20-,21-,23?/m0/s1. The quantitative estimate of drug-likeness (QED) is 0.691. The summed E-state index contributed by atoms with van der Waals surface area (Å²) in [4.78, 5) is 29.8. The largest absolute Gasteiger partial charge is 0.386 e. The molecular weight excluding hydrogens is 428 g/mol. The van der Waals surface area contributed by atoms with Gasteiger partial charge in [0, 0.05) is 17.9 Å². The maximum absolute atomic E-state index is 13.4. The van der Waals surface area contributed by atoms with Crippen molar-refractivity contribution < 1.29 is 14.7 Å². The minimum absolute atomic E-state index is 0.0357. The Morgan fingerprint density at radius 2 is 1.58 bits per heavy atom. The van der Waals surface area contributed by atoms with Crippen LogP contribution >= 0.6 is 23.5 Å². The summed E-state index contributed by atoms with van der Waals surface area (Å²) < 4.78 is 0. The molecular formula is C24H28N2O3S2. The van der Waals surface area contributed by atoms with Gasteiger partial charge in [-0.3, -0.25) is 9.59 Å². The highest BCUT2D eigenvalue weighted by atomic mass is 32.2. The van der Waals surface area contributed by atoms with Gasteiger partial charge >= 0.3 is 0 Å². The number of thioether (sulfide) groups is 2. The van der Waals surface area contributed by atoms with Crippen molar-refractivity contribution in [2.24, 2.45) is 0 Å². The van der Waals surface area contributed by atoms with E-state index < -0.39 is 12.1 Å². The van der Waals surface area contributed by atoms with Crippen LogP contribution in [0.3, 0.4) is 0 Å². The van der Waals surface area contributed by atoms with Gasteiger partial charge in [-0.25, -0.2) is 0 Å². The van der Waals surface area contributed by atoms with E-state index in [1.807, 2.05) is 48.5 Å². The Hall–Kier alpha value is -1.96. The van der Waals surface area contributed by atoms with Gasteiger partial charge in [0.05, 0.1) is 17.8 Å². The molecule has 0 saturated carbocycles. The molecule has 7 heteroatoms. The van der Waals surface area contributed by atoms with E-state index >= 15 is 0 Å². The van der Waals surface area contributed by atoms with Crippen LogP contribution in [0.15, 0.2) is 60.7 Å². The Bertz CT molecular complexity index is 881. The second-order valence-corrected chi connectivity index (χ2v) is 9.95. The van der Waals surface area contributed by atoms with Gasteiger partial charge in [-0.15, -0.1) is 23.5 Å². The molecule has 2 aliphatic rings. The third-order valence-electron chi connectivity index (χ3n) is 5.89. The lowest BCUT2D eigenvalue weighted by atomic mass is 10.0. The van der Waals surface area contributed by atoms with Gasteiger partial charge in [0.1, 0.15) is 12.1 Å². The molecule has 2 amide bonds. The summed E-state index contributed by atoms with van der Waals surface area (Å²) in [7, 11) is 0. The van der Waals surface area contributed by atoms with Crippen molar-refractivity contribution in [3.05, 3.63) is 71.8 Å². The third kappa shape index (κ3) is 5.27. The molecule has 2 saturated heterocycles. The Morgan fingerprint density at radius 1 is 0.935 bits per heavy atom. The number of benzene rings is 2. The van der Waals surface area contributed by atoms with E-state index in [1.54, 1.807) is 33.3 Å². The van der Waals surface area contributed by atoms with Gasteiger partial charge in [0.15, 0.2) is 0 Å². The van der Waals surface area contributed by atoms with Crippen molar-refractivity contribution in [1.29, 1.82) is 0 Å². The molecule has 0 aromatic heterocycles. The van der Waals surface area contributed by atoms with E-state index in [2.05, 4.69) is 12.1 Å². The predicted octanol–water partition coefficient (Wildman–Crippen LogP) is 3.55. The second-order valence-electron chi connectivity index (χ2n) is 7.95. The fourth-order valence-corrected chi connectivity index (χ4v) is 6.53. The molecule has 31 heavy (non-hydrogen) atoms. The van der Waals surface area contributed by atoms with E-state index in [0.29, 0.717) is 29.7 Å². The van der Waals surface area contributed by atoms with Gasteiger partial charge in [0.2, 0.25) is 11.8 Å². The third-order valence-corrected chi connectivity index (χ3v) is 7.94. The zero-order valence-corrected chi connectivity index (χ0v) is 19.1. The van der Waals surface area contributed by atoms with Crippen molar-refractivity contribution in [2.45, 2.75) is 37.5 Å². The number of aliphatic hydroxyl groups excluding tert-OH is 1. The minimum atomic E-state index is -0.718. The summed E-state index contributed by atoms with van der Waals surface area (Å²) in [6, 6.07) is 19.0. The average Bonchev–Trinajstić information content (AvgIpc) is 3.49. The molecule has 2 fully saturated rings. The number of hydrogen-bond acceptors (Lipinski definition) is 5. The molecule has 2 aliphatic heterocycles. The van der Waals surface area contributed by atoms with E-state index in [9.17, 15) is 14.7 Å². The molecule has 0 bridgehead atoms. The first kappa shape index (κ1) is 22.2. The van der Waals surface area contributed by atoms with Crippen LogP contribution in [0.5, 0.6) is 0 Å². The number of carbonyl (C=O) groups excluding carboxylic acids is 2. The summed E-state index contributed by atoms with van der Waals surface area (Å²) in [5.41, 5.74) is 2.05. The first-order valence-electron chi connectivity index (χ1n) is 10.7. The molecule has 2 aromatic carbocycles. The van der Waals surface area contributed by atoms with E-state index in [0.717, 1.165) is 18.4 Å². The molecule has 0 aliphatic carbocycles. The highest BCUT2D eigenvalue weighted by Crippen LogP contribution is 2.33. The highest BCUT2D eigenvalue weighted by molar-refractivity contribution is 7.99. The molecule has 2 heterocycles. The molecule has 0 radical (unpaired) electrons. The van der Waals surface area contributed by atoms with Crippen LogP contribution in [0.25, 0.3) is 0 Å². The number of aryl methyl sites for hydroxylation is 1. The Balaban J connectivity index is 1.37. The van der Waals surface area contributed by atoms with Crippen LogP contribution in [-0.4, -0.2) is 62.1 Å². The van der Waals surface area contributed by atoms with E-state index in [-0.39, 0.29) is 17.9 Å². The van der Waals surface area contributed by atoms with E-state index in [4.69, 9.17) is 0 Å². The van der Waals surface area contributed by atoms with Crippen LogP contribution in [0.4, 0.5) is 0 Å². The number of amides is 2. The highest BCUT2D eigenvalue weighted by Gasteiger charge is 2.42. The minimum Gasteiger partial charge on any atom is -0.386 e. The molecule has 1 unspecified atom stereocenters. The monoisotopic (exact) mass is 456 g/mol. The number of hydrogen-bond donors (Lipinski definition) is 1. The zero-order chi connectivity index (χ0) is 21.6. The van der Waals surface area contributed by atoms with Gasteiger partial charge in [-0.1, -0.05) is 60.7 Å². The normalized spacial score (nSPS) is 22.0. The lowest BCUT2D eigenvalue weighted by Crippen LogP contribution is -2.51. The van der Waals surface area contributed by atoms with Crippen molar-refractivity contribution in [3.8, 4) is 0 Å². The number of carbonyl (C=O) groups is 2. The van der Waals surface area contributed by atoms with Crippen LogP contribution in [0, 0.1) is 0 Å². The Morgan fingerprint density at radius 3 is 2.32 bits per heavy atom. The summed E-state index contributed by atoms with van der Waals surface area (Å²) in [6.45, 7) is 0. The Kier molecular flexibility index (Phi) is 7.58. The maximum atomic E-state index is 13.4. The molecule has 2 aromatic rings. The topological polar surface area (TPSA) is 60.9 Å². The van der Waals surface area contributed by atoms with Crippen LogP contribution in [0.1, 0.15) is 30.1 Å². The summed E-state index contributed by atoms with van der Waals surface area (Å²) >= 11 is 3.29. The maximum Gasteiger partial charge on any atom is 0.247 e. The van der Waals surface area contributed by atoms with Crippen molar-refractivity contribution >= 4 is 35.3 Å². The predicted molar refractivity (Wildman–Crippen MR) is 127 cm³/mol. The van der Waals surface area contributed by atoms with Crippen LogP contribution in [0.2, 0.25) is 0 Å². The van der Waals surface area contributed by atoms with Crippen molar-refractivity contribution in [1.82, 2.24) is 9.80 Å². The number of rotatable bonds is 7. The van der Waals surface area contributed by atoms with Crippen molar-refractivity contribution in [2.75, 3.05) is 23.3 Å². The molecule has 3 atom stereocenters. The fraction of sp³-hybridized carbons (Fsp3) is 0.417. The molecule has 1 N–H and O–H groups in total. The smallest absolute Gasteiger partial charge is 0.247 e. The molecule has 0 spiro atoms. The lowest BCUT2D eigenvalue weighted by molar-refractivity contribution is -0.145. The SMILES string of the molecule is O=C(CCCc1ccccc1)N1CSC[C@H]1C(=O)N1CSC[C@H]1C(O)c1ccccc1.